The predicted molar refractivity (Wildman–Crippen MR) is 104 cm³/mol. The molecule has 5 aromatic rings. The largest absolute Gasteiger partial charge is 0.285 e. The molecule has 0 radical (unpaired) electrons. The van der Waals surface area contributed by atoms with Gasteiger partial charge in [-0.25, -0.2) is 32.3 Å². The Kier molecular flexibility index (Phi) is 3.68. The van der Waals surface area contributed by atoms with Crippen molar-refractivity contribution in [2.24, 2.45) is 0 Å². The first-order valence-electron chi connectivity index (χ1n) is 8.18. The fourth-order valence-electron chi connectivity index (χ4n) is 3.10. The van der Waals surface area contributed by atoms with Gasteiger partial charge in [-0.1, -0.05) is 29.8 Å². The molecule has 0 aliphatic rings. The van der Waals surface area contributed by atoms with Gasteiger partial charge >= 0.3 is 0 Å². The number of hydrogen-bond donors (Lipinski definition) is 0. The summed E-state index contributed by atoms with van der Waals surface area (Å²) < 4.78 is 28.9. The van der Waals surface area contributed by atoms with E-state index >= 15 is 0 Å². The Morgan fingerprint density at radius 3 is 2.32 bits per heavy atom. The van der Waals surface area contributed by atoms with E-state index in [0.717, 1.165) is 3.97 Å². The number of aromatic nitrogens is 6. The summed E-state index contributed by atoms with van der Waals surface area (Å²) in [6.07, 6.45) is 5.92. The molecule has 0 aliphatic carbocycles. The maximum Gasteiger partial charge on any atom is 0.269 e. The molecule has 0 N–H and O–H groups in total. The van der Waals surface area contributed by atoms with E-state index in [-0.39, 0.29) is 10.5 Å². The molecular formula is C18H11ClN6O2S. The maximum atomic E-state index is 13.0. The van der Waals surface area contributed by atoms with Gasteiger partial charge in [-0.3, -0.25) is 4.57 Å². The van der Waals surface area contributed by atoms with Gasteiger partial charge in [-0.2, -0.15) is 0 Å². The lowest BCUT2D eigenvalue weighted by molar-refractivity contribution is 0.588. The molecule has 8 nitrogen and oxygen atoms in total. The fourth-order valence-corrected chi connectivity index (χ4v) is 4.61. The second-order valence-corrected chi connectivity index (χ2v) is 8.12. The Balaban J connectivity index is 1.75. The van der Waals surface area contributed by atoms with Crippen LogP contribution in [0.3, 0.4) is 0 Å². The van der Waals surface area contributed by atoms with Crippen LogP contribution in [0.1, 0.15) is 0 Å². The van der Waals surface area contributed by atoms with E-state index in [4.69, 9.17) is 11.6 Å². The first-order valence-corrected chi connectivity index (χ1v) is 10.00. The van der Waals surface area contributed by atoms with Gasteiger partial charge in [0.25, 0.3) is 10.0 Å². The summed E-state index contributed by atoms with van der Waals surface area (Å²) >= 11 is 6.13. The molecule has 0 fully saturated rings. The number of benzene rings is 1. The minimum Gasteiger partial charge on any atom is -0.285 e. The first kappa shape index (κ1) is 16.8. The minimum absolute atomic E-state index is 0.179. The molecule has 0 saturated carbocycles. The highest BCUT2D eigenvalue weighted by atomic mass is 35.5. The highest BCUT2D eigenvalue weighted by Crippen LogP contribution is 2.27. The molecule has 4 aromatic heterocycles. The highest BCUT2D eigenvalue weighted by Gasteiger charge is 2.21. The average molecular weight is 411 g/mol. The molecule has 28 heavy (non-hydrogen) atoms. The molecule has 0 spiro atoms. The molecule has 0 saturated heterocycles. The summed E-state index contributed by atoms with van der Waals surface area (Å²) in [4.78, 5) is 17.0. The van der Waals surface area contributed by atoms with Crippen LogP contribution in [0.5, 0.6) is 0 Å². The van der Waals surface area contributed by atoms with E-state index in [9.17, 15) is 8.42 Å². The summed E-state index contributed by atoms with van der Waals surface area (Å²) in [5.41, 5.74) is 0.842. The zero-order valence-corrected chi connectivity index (χ0v) is 15.7. The molecule has 0 aliphatic heterocycles. The topological polar surface area (TPSA) is 95.6 Å². The Labute approximate surface area is 164 Å². The van der Waals surface area contributed by atoms with Crippen molar-refractivity contribution in [2.75, 3.05) is 0 Å². The van der Waals surface area contributed by atoms with Crippen molar-refractivity contribution in [1.29, 1.82) is 0 Å². The van der Waals surface area contributed by atoms with Crippen molar-refractivity contribution >= 4 is 43.7 Å². The normalized spacial score (nSPS) is 12.0. The molecule has 0 amide bonds. The zero-order valence-electron chi connectivity index (χ0n) is 14.1. The van der Waals surface area contributed by atoms with Crippen molar-refractivity contribution in [3.63, 3.8) is 0 Å². The summed E-state index contributed by atoms with van der Waals surface area (Å²) in [5, 5.41) is 1.57. The SMILES string of the molecule is O=S(=O)(c1ccccc1)n1ccc2c(-n3ccc4c(Cl)ncnc43)ncnc21. The van der Waals surface area contributed by atoms with Crippen molar-refractivity contribution in [1.82, 2.24) is 28.5 Å². The van der Waals surface area contributed by atoms with Crippen molar-refractivity contribution < 1.29 is 8.42 Å². The third-order valence-corrected chi connectivity index (χ3v) is 6.37. The van der Waals surface area contributed by atoms with E-state index < -0.39 is 10.0 Å². The molecule has 10 heteroatoms. The molecule has 138 valence electrons. The Hall–Kier alpha value is -3.30. The Morgan fingerprint density at radius 2 is 1.50 bits per heavy atom. The van der Waals surface area contributed by atoms with Crippen LogP contribution in [0, 0.1) is 0 Å². The van der Waals surface area contributed by atoms with Crippen LogP contribution in [0.2, 0.25) is 5.15 Å². The van der Waals surface area contributed by atoms with E-state index in [1.807, 2.05) is 0 Å². The molecule has 0 unspecified atom stereocenters. The number of rotatable bonds is 3. The molecule has 1 aromatic carbocycles. The van der Waals surface area contributed by atoms with Gasteiger partial charge in [0.1, 0.15) is 17.8 Å². The molecular weight excluding hydrogens is 400 g/mol. The minimum atomic E-state index is -3.79. The fraction of sp³-hybridized carbons (Fsp3) is 0. The van der Waals surface area contributed by atoms with Crippen LogP contribution in [0.4, 0.5) is 0 Å². The monoisotopic (exact) mass is 410 g/mol. The standard InChI is InChI=1S/C18H11ClN6O2S/c19-15-13-6-8-24(16(13)21-10-20-15)17-14-7-9-25(18(14)23-11-22-17)28(26,27)12-4-2-1-3-5-12/h1-11H. The van der Waals surface area contributed by atoms with Crippen LogP contribution < -0.4 is 0 Å². The van der Waals surface area contributed by atoms with Crippen LogP contribution in [0.25, 0.3) is 27.9 Å². The van der Waals surface area contributed by atoms with Crippen molar-refractivity contribution in [3.8, 4) is 5.82 Å². The van der Waals surface area contributed by atoms with Crippen molar-refractivity contribution in [2.45, 2.75) is 4.90 Å². The third-order valence-electron chi connectivity index (χ3n) is 4.39. The quantitative estimate of drug-likeness (QED) is 0.424. The van der Waals surface area contributed by atoms with Gasteiger partial charge in [0.2, 0.25) is 0 Å². The zero-order chi connectivity index (χ0) is 19.3. The summed E-state index contributed by atoms with van der Waals surface area (Å²) in [6, 6.07) is 11.6. The van der Waals surface area contributed by atoms with E-state index in [2.05, 4.69) is 19.9 Å². The second-order valence-electron chi connectivity index (χ2n) is 5.95. The molecule has 0 bridgehead atoms. The Bertz CT molecular complexity index is 1440. The van der Waals surface area contributed by atoms with Crippen LogP contribution >= 0.6 is 11.6 Å². The lowest BCUT2D eigenvalue weighted by Crippen LogP contribution is -2.12. The second kappa shape index (κ2) is 6.11. The molecule has 0 atom stereocenters. The maximum absolute atomic E-state index is 13.0. The summed E-state index contributed by atoms with van der Waals surface area (Å²) in [5.74, 6) is 0.497. The number of fused-ring (bicyclic) bond motifs is 2. The first-order chi connectivity index (χ1) is 13.6. The highest BCUT2D eigenvalue weighted by molar-refractivity contribution is 7.90. The van der Waals surface area contributed by atoms with Crippen LogP contribution in [-0.4, -0.2) is 36.9 Å². The van der Waals surface area contributed by atoms with Gasteiger partial charge in [0.05, 0.1) is 15.7 Å². The van der Waals surface area contributed by atoms with Crippen LogP contribution in [0.15, 0.2) is 72.4 Å². The number of nitrogens with zero attached hydrogens (tertiary/aromatic N) is 6. The molecule has 5 rings (SSSR count). The van der Waals surface area contributed by atoms with E-state index in [1.165, 1.54) is 18.9 Å². The van der Waals surface area contributed by atoms with Crippen molar-refractivity contribution in [3.05, 3.63) is 72.7 Å². The lowest BCUT2D eigenvalue weighted by atomic mass is 10.3. The number of hydrogen-bond acceptors (Lipinski definition) is 6. The van der Waals surface area contributed by atoms with E-state index in [0.29, 0.717) is 27.4 Å². The van der Waals surface area contributed by atoms with E-state index in [1.54, 1.807) is 53.2 Å². The average Bonchev–Trinajstić information content (AvgIpc) is 3.34. The lowest BCUT2D eigenvalue weighted by Gasteiger charge is -2.08. The summed E-state index contributed by atoms with van der Waals surface area (Å²) in [6.45, 7) is 0. The summed E-state index contributed by atoms with van der Waals surface area (Å²) in [7, 11) is -3.79. The van der Waals surface area contributed by atoms with Gasteiger partial charge in [0, 0.05) is 12.4 Å². The Morgan fingerprint density at radius 1 is 0.786 bits per heavy atom. The van der Waals surface area contributed by atoms with Crippen LogP contribution in [-0.2, 0) is 10.0 Å². The third kappa shape index (κ3) is 2.40. The number of halogens is 1. The van der Waals surface area contributed by atoms with Gasteiger partial charge in [-0.15, -0.1) is 0 Å². The van der Waals surface area contributed by atoms with Gasteiger partial charge in [0.15, 0.2) is 17.1 Å². The molecule has 4 heterocycles. The van der Waals surface area contributed by atoms with Gasteiger partial charge < -0.3 is 0 Å². The smallest absolute Gasteiger partial charge is 0.269 e. The van der Waals surface area contributed by atoms with Gasteiger partial charge in [-0.05, 0) is 24.3 Å². The predicted octanol–water partition coefficient (Wildman–Crippen LogP) is 3.06.